The number of aromatic nitrogens is 2. The van der Waals surface area contributed by atoms with E-state index in [1.165, 1.54) is 0 Å². The first-order chi connectivity index (χ1) is 13.5. The lowest BCUT2D eigenvalue weighted by atomic mass is 9.61. The van der Waals surface area contributed by atoms with E-state index in [0.29, 0.717) is 30.8 Å². The zero-order chi connectivity index (χ0) is 19.5. The van der Waals surface area contributed by atoms with Gasteiger partial charge in [-0.3, -0.25) is 14.8 Å². The van der Waals surface area contributed by atoms with Crippen molar-refractivity contribution in [1.82, 2.24) is 14.7 Å². The first-order valence-corrected chi connectivity index (χ1v) is 11.2. The Kier molecular flexibility index (Phi) is 3.83. The number of benzene rings is 2. The molecule has 1 aliphatic carbocycles. The summed E-state index contributed by atoms with van der Waals surface area (Å²) in [7, 11) is -3.43. The largest absolute Gasteiger partial charge is 0.300 e. The highest BCUT2D eigenvalue weighted by Gasteiger charge is 2.61. The van der Waals surface area contributed by atoms with Gasteiger partial charge in [0.25, 0.3) is 5.56 Å². The second kappa shape index (κ2) is 6.06. The molecule has 0 radical (unpaired) electrons. The highest BCUT2D eigenvalue weighted by Crippen LogP contribution is 2.56. The molecule has 1 saturated carbocycles. The number of para-hydroxylation sites is 1. The van der Waals surface area contributed by atoms with Crippen molar-refractivity contribution < 1.29 is 8.42 Å². The van der Waals surface area contributed by atoms with Crippen molar-refractivity contribution in [3.05, 3.63) is 65.0 Å². The maximum atomic E-state index is 13.1. The molecule has 1 atom stereocenters. The van der Waals surface area contributed by atoms with Crippen LogP contribution in [0.25, 0.3) is 10.9 Å². The predicted molar refractivity (Wildman–Crippen MR) is 108 cm³/mol. The van der Waals surface area contributed by atoms with E-state index in [1.807, 2.05) is 46.6 Å². The normalized spacial score (nSPS) is 26.9. The van der Waals surface area contributed by atoms with Gasteiger partial charge in [-0.2, -0.15) is 0 Å². The molecule has 2 fully saturated rings. The van der Waals surface area contributed by atoms with Gasteiger partial charge >= 0.3 is 0 Å². The van der Waals surface area contributed by atoms with E-state index >= 15 is 0 Å². The molecule has 7 heteroatoms. The molecule has 28 heavy (non-hydrogen) atoms. The maximum Gasteiger partial charge on any atom is 0.274 e. The number of hydrogen-bond donors (Lipinski definition) is 1. The van der Waals surface area contributed by atoms with E-state index in [-0.39, 0.29) is 17.0 Å². The zero-order valence-electron chi connectivity index (χ0n) is 15.7. The molecule has 5 rings (SSSR count). The van der Waals surface area contributed by atoms with Crippen molar-refractivity contribution in [3.63, 3.8) is 0 Å². The molecule has 1 unspecified atom stereocenters. The summed E-state index contributed by atoms with van der Waals surface area (Å²) in [5.41, 5.74) is 0.677. The summed E-state index contributed by atoms with van der Waals surface area (Å²) in [6.45, 7) is 3.42. The van der Waals surface area contributed by atoms with E-state index in [2.05, 4.69) is 5.32 Å². The van der Waals surface area contributed by atoms with Crippen LogP contribution in [0.2, 0.25) is 0 Å². The number of aryl methyl sites for hydroxylation is 1. The summed E-state index contributed by atoms with van der Waals surface area (Å²) in [6, 6.07) is 16.3. The first-order valence-electron chi connectivity index (χ1n) is 9.70. The van der Waals surface area contributed by atoms with Crippen LogP contribution in [0, 0.1) is 5.41 Å². The molecule has 2 heterocycles. The number of nitrogens with zero attached hydrogens (tertiary/aromatic N) is 2. The maximum absolute atomic E-state index is 13.1. The van der Waals surface area contributed by atoms with Gasteiger partial charge in [-0.15, -0.1) is 0 Å². The molecule has 0 bridgehead atoms. The van der Waals surface area contributed by atoms with Gasteiger partial charge in [0.15, 0.2) is 9.84 Å². The van der Waals surface area contributed by atoms with E-state index < -0.39 is 15.2 Å². The summed E-state index contributed by atoms with van der Waals surface area (Å²) in [5.74, 6) is 0. The Labute approximate surface area is 163 Å². The Morgan fingerprint density at radius 2 is 1.75 bits per heavy atom. The lowest BCUT2D eigenvalue weighted by Gasteiger charge is -2.59. The number of sulfone groups is 1. The Balaban J connectivity index is 1.46. The number of rotatable bonds is 4. The lowest BCUT2D eigenvalue weighted by molar-refractivity contribution is -0.0218. The molecule has 146 valence electrons. The number of nitrogens with one attached hydrogen (secondary N) is 1. The fourth-order valence-electron chi connectivity index (χ4n) is 4.98. The molecule has 2 aromatic carbocycles. The van der Waals surface area contributed by atoms with Gasteiger partial charge in [0.1, 0.15) is 5.37 Å². The van der Waals surface area contributed by atoms with Crippen LogP contribution in [-0.4, -0.2) is 29.7 Å². The van der Waals surface area contributed by atoms with Gasteiger partial charge in [-0.25, -0.2) is 13.1 Å². The molecular formula is C21H23N3O3S. The summed E-state index contributed by atoms with van der Waals surface area (Å²) >= 11 is 0. The molecule has 1 saturated heterocycles. The smallest absolute Gasteiger partial charge is 0.274 e. The second-order valence-electron chi connectivity index (χ2n) is 7.93. The van der Waals surface area contributed by atoms with Gasteiger partial charge in [-0.05, 0) is 44.0 Å². The van der Waals surface area contributed by atoms with Gasteiger partial charge in [-0.1, -0.05) is 30.3 Å². The van der Waals surface area contributed by atoms with Gasteiger partial charge in [0, 0.05) is 18.5 Å². The van der Waals surface area contributed by atoms with Gasteiger partial charge in [0.05, 0.1) is 21.8 Å². The molecule has 1 spiro atoms. The van der Waals surface area contributed by atoms with E-state index in [1.54, 1.807) is 24.3 Å². The van der Waals surface area contributed by atoms with Crippen molar-refractivity contribution in [3.8, 4) is 0 Å². The minimum atomic E-state index is -3.43. The van der Waals surface area contributed by atoms with Crippen LogP contribution >= 0.6 is 0 Å². The summed E-state index contributed by atoms with van der Waals surface area (Å²) in [6.07, 6.45) is 1.40. The van der Waals surface area contributed by atoms with Crippen LogP contribution in [0.1, 0.15) is 25.8 Å². The van der Waals surface area contributed by atoms with Crippen LogP contribution in [-0.2, 0) is 16.4 Å². The van der Waals surface area contributed by atoms with Crippen LogP contribution in [0.4, 0.5) is 0 Å². The second-order valence-corrected chi connectivity index (χ2v) is 9.96. The SMILES string of the molecule is CCn1c2ccccc2c(=O)n1C1CC2(CNC2S(=O)(=O)c2ccccc2)C1. The van der Waals surface area contributed by atoms with E-state index in [9.17, 15) is 13.2 Å². The first kappa shape index (κ1) is 17.7. The quantitative estimate of drug-likeness (QED) is 0.734. The van der Waals surface area contributed by atoms with Crippen molar-refractivity contribution in [1.29, 1.82) is 0 Å². The standard InChI is InChI=1S/C21H23N3O3S/c1-2-23-18-11-7-6-10-17(18)19(25)24(23)15-12-21(13-15)14-22-20(21)28(26,27)16-8-4-3-5-9-16/h3-11,15,20,22H,2,12-14H2,1H3. The van der Waals surface area contributed by atoms with E-state index in [4.69, 9.17) is 0 Å². The molecule has 0 amide bonds. The fraction of sp³-hybridized carbons (Fsp3) is 0.381. The van der Waals surface area contributed by atoms with Crippen LogP contribution in [0.3, 0.4) is 0 Å². The van der Waals surface area contributed by atoms with E-state index in [0.717, 1.165) is 10.9 Å². The molecule has 2 aliphatic rings. The Morgan fingerprint density at radius 1 is 1.07 bits per heavy atom. The number of hydrogen-bond acceptors (Lipinski definition) is 4. The fourth-order valence-corrected chi connectivity index (χ4v) is 7.03. The molecule has 1 N–H and O–H groups in total. The van der Waals surface area contributed by atoms with Crippen molar-refractivity contribution in [2.45, 2.75) is 42.6 Å². The Morgan fingerprint density at radius 3 is 2.39 bits per heavy atom. The average molecular weight is 398 g/mol. The topological polar surface area (TPSA) is 73.1 Å². The summed E-state index contributed by atoms with van der Waals surface area (Å²) < 4.78 is 30.0. The number of fused-ring (bicyclic) bond motifs is 1. The highest BCUT2D eigenvalue weighted by atomic mass is 32.2. The van der Waals surface area contributed by atoms with Crippen molar-refractivity contribution in [2.24, 2.45) is 5.41 Å². The molecular weight excluding hydrogens is 374 g/mol. The van der Waals surface area contributed by atoms with Crippen LogP contribution < -0.4 is 10.9 Å². The third-order valence-corrected chi connectivity index (χ3v) is 8.60. The van der Waals surface area contributed by atoms with Crippen LogP contribution in [0.15, 0.2) is 64.3 Å². The monoisotopic (exact) mass is 397 g/mol. The third kappa shape index (κ3) is 2.29. The predicted octanol–water partition coefficient (Wildman–Crippen LogP) is 2.55. The molecule has 6 nitrogen and oxygen atoms in total. The molecule has 3 aromatic rings. The zero-order valence-corrected chi connectivity index (χ0v) is 16.5. The summed E-state index contributed by atoms with van der Waals surface area (Å²) in [4.78, 5) is 13.3. The Hall–Kier alpha value is -2.38. The minimum Gasteiger partial charge on any atom is -0.300 e. The Bertz CT molecular complexity index is 1200. The molecule has 1 aromatic heterocycles. The van der Waals surface area contributed by atoms with Gasteiger partial charge in [0.2, 0.25) is 0 Å². The van der Waals surface area contributed by atoms with Crippen molar-refractivity contribution >= 4 is 20.7 Å². The lowest BCUT2D eigenvalue weighted by Crippen LogP contribution is -2.70. The molecule has 1 aliphatic heterocycles. The third-order valence-electron chi connectivity index (χ3n) is 6.39. The minimum absolute atomic E-state index is 0.0204. The van der Waals surface area contributed by atoms with Gasteiger partial charge < -0.3 is 0 Å². The average Bonchev–Trinajstić information content (AvgIpc) is 2.93. The highest BCUT2D eigenvalue weighted by molar-refractivity contribution is 7.92. The van der Waals surface area contributed by atoms with Crippen molar-refractivity contribution in [2.75, 3.05) is 6.54 Å². The summed E-state index contributed by atoms with van der Waals surface area (Å²) in [5, 5.41) is 3.29. The van der Waals surface area contributed by atoms with Crippen LogP contribution in [0.5, 0.6) is 0 Å².